The van der Waals surface area contributed by atoms with E-state index in [9.17, 15) is 39.0 Å². The smallest absolute Gasteiger partial charge is 0.415 e. The summed E-state index contributed by atoms with van der Waals surface area (Å²) in [5.41, 5.74) is 10.4. The van der Waals surface area contributed by atoms with Gasteiger partial charge in [0.1, 0.15) is 18.3 Å². The molecule has 2 aliphatic carbocycles. The van der Waals surface area contributed by atoms with Gasteiger partial charge in [-0.15, -0.1) is 0 Å². The van der Waals surface area contributed by atoms with Crippen LogP contribution in [0, 0.1) is 5.92 Å². The monoisotopic (exact) mass is 800 g/mol. The summed E-state index contributed by atoms with van der Waals surface area (Å²) < 4.78 is 18.2. The minimum Gasteiger partial charge on any atom is -0.493 e. The number of carboxylic acid groups (broad SMARTS) is 1. The normalized spacial score (nSPS) is 23.4. The lowest BCUT2D eigenvalue weighted by Gasteiger charge is -2.61. The summed E-state index contributed by atoms with van der Waals surface area (Å²) in [5.74, 6) is -3.56. The molecule has 1 aromatic carbocycles. The third-order valence-corrected chi connectivity index (χ3v) is 11.4. The van der Waals surface area contributed by atoms with Crippen molar-refractivity contribution >= 4 is 41.5 Å². The molecule has 4 amide bonds. The second-order valence-corrected chi connectivity index (χ2v) is 14.9. The third-order valence-electron chi connectivity index (χ3n) is 11.4. The van der Waals surface area contributed by atoms with Gasteiger partial charge in [-0.3, -0.25) is 33.9 Å². The maximum atomic E-state index is 14.0. The summed E-state index contributed by atoms with van der Waals surface area (Å²) in [7, 11) is 6.02. The molecule has 19 heteroatoms. The predicted molar refractivity (Wildman–Crippen MR) is 206 cm³/mol. The fourth-order valence-electron chi connectivity index (χ4n) is 8.60. The van der Waals surface area contributed by atoms with E-state index in [0.29, 0.717) is 37.3 Å². The van der Waals surface area contributed by atoms with E-state index in [1.54, 1.807) is 6.08 Å². The molecule has 0 saturated carbocycles. The number of rotatable bonds is 17. The molecule has 0 radical (unpaired) electrons. The highest BCUT2D eigenvalue weighted by molar-refractivity contribution is 5.91. The minimum absolute atomic E-state index is 0. The lowest BCUT2D eigenvalue weighted by Crippen LogP contribution is -2.74. The van der Waals surface area contributed by atoms with Crippen LogP contribution in [0.25, 0.3) is 0 Å². The molecule has 0 unspecified atom stereocenters. The number of benzene rings is 1. The number of piperidine rings is 1. The van der Waals surface area contributed by atoms with E-state index < -0.39 is 77.7 Å². The van der Waals surface area contributed by atoms with Crippen LogP contribution in [0.4, 0.5) is 4.79 Å². The number of aliphatic carboxylic acids is 1. The molecule has 314 valence electrons. The summed E-state index contributed by atoms with van der Waals surface area (Å²) in [6.07, 6.45) is 1.17. The zero-order valence-corrected chi connectivity index (χ0v) is 32.3. The van der Waals surface area contributed by atoms with Crippen LogP contribution in [0.5, 0.6) is 11.5 Å². The van der Waals surface area contributed by atoms with Crippen molar-refractivity contribution in [3.63, 3.8) is 0 Å². The molecule has 4 aliphatic rings. The molecular weight excluding hydrogens is 744 g/mol. The molecule has 0 aromatic heterocycles. The Morgan fingerprint density at radius 3 is 2.53 bits per heavy atom. The van der Waals surface area contributed by atoms with Gasteiger partial charge in [0, 0.05) is 64.5 Å². The van der Waals surface area contributed by atoms with E-state index in [0.717, 1.165) is 20.9 Å². The quantitative estimate of drug-likeness (QED) is 0.0658. The van der Waals surface area contributed by atoms with Gasteiger partial charge in [0.25, 0.3) is 0 Å². The maximum absolute atomic E-state index is 14.0. The zero-order chi connectivity index (χ0) is 41.1. The zero-order valence-electron chi connectivity index (χ0n) is 32.3. The first kappa shape index (κ1) is 44.3. The number of carbonyl (C=O) groups excluding carboxylic acids is 5. The Kier molecular flexibility index (Phi) is 13.8. The van der Waals surface area contributed by atoms with Crippen LogP contribution in [-0.2, 0) is 40.5 Å². The maximum Gasteiger partial charge on any atom is 0.415 e. The molecule has 8 N–H and O–H groups in total. The molecule has 1 fully saturated rings. The van der Waals surface area contributed by atoms with Crippen LogP contribution in [0.1, 0.15) is 57.6 Å². The van der Waals surface area contributed by atoms with Crippen molar-refractivity contribution in [3.8, 4) is 11.5 Å². The van der Waals surface area contributed by atoms with E-state index >= 15 is 0 Å². The number of aliphatic hydroxyl groups is 1. The number of carbonyl (C=O) groups is 6. The van der Waals surface area contributed by atoms with Gasteiger partial charge < -0.3 is 56.3 Å². The average Bonchev–Trinajstić information content (AvgIpc) is 3.50. The average molecular weight is 801 g/mol. The fourth-order valence-corrected chi connectivity index (χ4v) is 8.60. The van der Waals surface area contributed by atoms with Crippen molar-refractivity contribution in [2.45, 2.75) is 82.1 Å². The molecule has 2 bridgehead atoms. The van der Waals surface area contributed by atoms with Gasteiger partial charge in [0.05, 0.1) is 24.7 Å². The van der Waals surface area contributed by atoms with Crippen molar-refractivity contribution in [1.82, 2.24) is 25.3 Å². The van der Waals surface area contributed by atoms with E-state index in [4.69, 9.17) is 25.7 Å². The van der Waals surface area contributed by atoms with Gasteiger partial charge in [0.15, 0.2) is 29.3 Å². The second kappa shape index (κ2) is 17.8. The highest BCUT2D eigenvalue weighted by Gasteiger charge is 2.72. The van der Waals surface area contributed by atoms with Gasteiger partial charge in [-0.1, -0.05) is 13.5 Å². The van der Waals surface area contributed by atoms with Gasteiger partial charge in [0.2, 0.25) is 17.7 Å². The van der Waals surface area contributed by atoms with Crippen LogP contribution >= 0.6 is 0 Å². The number of amides is 4. The second-order valence-electron chi connectivity index (χ2n) is 14.9. The number of likely N-dealkylation sites (N-methyl/N-ethyl adjacent to an activating group) is 3. The van der Waals surface area contributed by atoms with Crippen LogP contribution in [0.2, 0.25) is 0 Å². The number of guanidine groups is 1. The van der Waals surface area contributed by atoms with Gasteiger partial charge in [-0.25, -0.2) is 4.79 Å². The Labute approximate surface area is 331 Å². The number of nitrogens with one attached hydrogen (secondary N) is 2. The number of Topliss-reactive ketones (excluding diaryl/α,β-unsaturated/α-hetero) is 1. The molecule has 57 heavy (non-hydrogen) atoms. The van der Waals surface area contributed by atoms with Crippen molar-refractivity contribution in [2.75, 3.05) is 61.0 Å². The molecule has 19 nitrogen and oxygen atoms in total. The molecule has 5 rings (SSSR count). The molecule has 2 heterocycles. The summed E-state index contributed by atoms with van der Waals surface area (Å²) in [4.78, 5) is 84.8. The standard InChI is InChI=1S/C37H52N8O11.CH4/c1-20(46)41-17-23(47)15-22(7-6-13-40-34(38)39)32(50)42-18-24(33(51)44(3)19-28(48)49)45(4)35(52)55-26-10-11-37(53)27-16-21-8-9-25(54-5)30-29(21)36(37,31(26)56-30)12-14-43(27)2;/h8-10,22,24,27,31,53H,6-7,11-19H2,1-5H3,(H,41,46)(H,42,50)(H,48,49)(H4,38,39,40);1H4/t22-,24+,27-,31+,36+,37-;/m1./s1. The van der Waals surface area contributed by atoms with Gasteiger partial charge in [-0.2, -0.15) is 0 Å². The van der Waals surface area contributed by atoms with E-state index in [1.807, 2.05) is 19.2 Å². The van der Waals surface area contributed by atoms with Crippen molar-refractivity contribution in [3.05, 3.63) is 35.1 Å². The van der Waals surface area contributed by atoms with E-state index in [-0.39, 0.29) is 57.5 Å². The Bertz CT molecular complexity index is 1820. The first-order valence-corrected chi connectivity index (χ1v) is 18.4. The van der Waals surface area contributed by atoms with Gasteiger partial charge >= 0.3 is 12.1 Å². The Balaban J connectivity index is 0.00000720. The summed E-state index contributed by atoms with van der Waals surface area (Å²) in [6.45, 7) is 0.613. The molecule has 2 aliphatic heterocycles. The SMILES string of the molecule is C.COc1ccc2c3c1O[C@H]1C(OC(=O)N(C)[C@@H](CNC(=O)[C@H](CCCN=C(N)N)CC(=O)CNC(C)=O)C(=O)N(C)CC(=O)O)=CC[C@@]4(O)[C@@H](C2)N(C)CC[C@]314. The van der Waals surface area contributed by atoms with Crippen molar-refractivity contribution < 1.29 is 53.2 Å². The highest BCUT2D eigenvalue weighted by atomic mass is 16.6. The van der Waals surface area contributed by atoms with Crippen LogP contribution in [0.3, 0.4) is 0 Å². The summed E-state index contributed by atoms with van der Waals surface area (Å²) in [5, 5.41) is 27.0. The van der Waals surface area contributed by atoms with E-state index in [1.165, 1.54) is 28.1 Å². The highest BCUT2D eigenvalue weighted by Crippen LogP contribution is 2.65. The fraction of sp³-hybridized carbons (Fsp3) is 0.605. The van der Waals surface area contributed by atoms with E-state index in [2.05, 4.69) is 20.5 Å². The molecule has 6 atom stereocenters. The van der Waals surface area contributed by atoms with Crippen LogP contribution < -0.4 is 31.6 Å². The molecule has 1 aromatic rings. The lowest BCUT2D eigenvalue weighted by atomic mass is 9.50. The number of ketones is 1. The van der Waals surface area contributed by atoms with Crippen LogP contribution in [0.15, 0.2) is 29.0 Å². The molecule has 1 saturated heterocycles. The number of carboxylic acids is 1. The van der Waals surface area contributed by atoms with Crippen molar-refractivity contribution in [2.24, 2.45) is 22.4 Å². The third kappa shape index (κ3) is 8.63. The number of nitrogens with zero attached hydrogens (tertiary/aromatic N) is 4. The van der Waals surface area contributed by atoms with Crippen molar-refractivity contribution in [1.29, 1.82) is 0 Å². The number of hydrogen-bond donors (Lipinski definition) is 6. The largest absolute Gasteiger partial charge is 0.493 e. The first-order chi connectivity index (χ1) is 26.4. The van der Waals surface area contributed by atoms with Gasteiger partial charge in [-0.05, 0) is 57.0 Å². The Morgan fingerprint density at radius 1 is 1.16 bits per heavy atom. The number of likely N-dealkylation sites (tertiary alicyclic amines) is 1. The molecule has 1 spiro atoms. The number of methoxy groups -OCH3 is 1. The number of aliphatic imine (C=N–C) groups is 1. The Morgan fingerprint density at radius 2 is 1.88 bits per heavy atom. The number of hydrogen-bond acceptors (Lipinski definition) is 12. The number of ether oxygens (including phenoxy) is 3. The number of nitrogens with two attached hydrogens (primary N) is 2. The summed E-state index contributed by atoms with van der Waals surface area (Å²) in [6, 6.07) is 2.09. The minimum atomic E-state index is -1.46. The lowest BCUT2D eigenvalue weighted by molar-refractivity contribution is -0.163. The Hall–Kier alpha value is -5.43. The molecular formula is C38H56N8O11. The topological polar surface area (TPSA) is 269 Å². The summed E-state index contributed by atoms with van der Waals surface area (Å²) >= 11 is 0. The van der Waals surface area contributed by atoms with Crippen LogP contribution in [-0.4, -0.2) is 151 Å². The predicted octanol–water partition coefficient (Wildman–Crippen LogP) is -0.530. The first-order valence-electron chi connectivity index (χ1n) is 18.4.